The number of ether oxygens (including phenoxy) is 1. The molecule has 0 radical (unpaired) electrons. The number of pyridine rings is 1. The third-order valence-electron chi connectivity index (χ3n) is 6.67. The molecule has 0 aromatic carbocycles. The highest BCUT2D eigenvalue weighted by molar-refractivity contribution is 5.90. The van der Waals surface area contributed by atoms with Crippen molar-refractivity contribution in [3.63, 3.8) is 0 Å². The first-order valence-corrected chi connectivity index (χ1v) is 11.7. The third kappa shape index (κ3) is 6.07. The number of rotatable bonds is 6. The summed E-state index contributed by atoms with van der Waals surface area (Å²) in [6, 6.07) is 2.22. The lowest BCUT2D eigenvalue weighted by atomic mass is 9.99. The van der Waals surface area contributed by atoms with Crippen LogP contribution in [0.25, 0.3) is 0 Å². The number of aromatic nitrogens is 3. The van der Waals surface area contributed by atoms with Crippen LogP contribution in [-0.4, -0.2) is 64.6 Å². The number of Topliss-reactive ketones (excluding diaryl/α,β-unsaturated/α-hetero) is 1. The molecule has 1 N–H and O–H groups in total. The van der Waals surface area contributed by atoms with Gasteiger partial charge < -0.3 is 14.5 Å². The highest BCUT2D eigenvalue weighted by Crippen LogP contribution is 2.35. The first-order chi connectivity index (χ1) is 17.8. The van der Waals surface area contributed by atoms with E-state index < -0.39 is 46.6 Å². The quantitative estimate of drug-likeness (QED) is 0.554. The van der Waals surface area contributed by atoms with E-state index in [-0.39, 0.29) is 24.7 Å². The first-order valence-electron chi connectivity index (χ1n) is 11.7. The summed E-state index contributed by atoms with van der Waals surface area (Å²) in [4.78, 5) is 44.3. The van der Waals surface area contributed by atoms with Crippen LogP contribution in [0.5, 0.6) is 5.75 Å². The molecule has 1 aliphatic carbocycles. The SMILES string of the molecule is O=C1[C@H](COc2cn[nH]c(=O)c2C(F)(F)F)CC[C@H]1CC(=O)N1CCN(c2ccc(C(F)(F)F)cn2)CC1. The number of amides is 1. The standard InChI is InChI=1S/C23H23F6N5O4/c24-22(25,26)15-3-4-17(30-10-15)33-5-7-34(8-6-33)18(35)9-13-1-2-14(20(13)36)12-38-16-11-31-32-21(37)19(16)23(27,28)29/h3-4,10-11,13-14H,1-2,5-9,12H2,(H,32,37)/t13-,14-/m0/s1. The molecule has 9 nitrogen and oxygen atoms in total. The van der Waals surface area contributed by atoms with E-state index in [9.17, 15) is 40.7 Å². The van der Waals surface area contributed by atoms with Gasteiger partial charge in [0, 0.05) is 44.7 Å². The number of carbonyl (C=O) groups is 2. The lowest BCUT2D eigenvalue weighted by molar-refractivity contribution is -0.140. The van der Waals surface area contributed by atoms with E-state index in [1.807, 2.05) is 0 Å². The number of hydrogen-bond acceptors (Lipinski definition) is 7. The van der Waals surface area contributed by atoms with Crippen molar-refractivity contribution < 1.29 is 40.7 Å². The summed E-state index contributed by atoms with van der Waals surface area (Å²) in [6.45, 7) is 0.919. The molecular weight excluding hydrogens is 524 g/mol. The lowest BCUT2D eigenvalue weighted by Gasteiger charge is -2.35. The Morgan fingerprint density at radius 2 is 1.66 bits per heavy atom. The maximum atomic E-state index is 13.2. The van der Waals surface area contributed by atoms with Gasteiger partial charge in [-0.25, -0.2) is 10.1 Å². The van der Waals surface area contributed by atoms with Gasteiger partial charge in [0.05, 0.1) is 24.3 Å². The molecule has 206 valence electrons. The van der Waals surface area contributed by atoms with Crippen LogP contribution in [0.3, 0.4) is 0 Å². The fourth-order valence-corrected chi connectivity index (χ4v) is 4.60. The van der Waals surface area contributed by atoms with E-state index in [1.165, 1.54) is 6.07 Å². The molecule has 2 aliphatic rings. The highest BCUT2D eigenvalue weighted by Gasteiger charge is 2.40. The summed E-state index contributed by atoms with van der Waals surface area (Å²) in [5.41, 5.74) is -3.84. The molecule has 38 heavy (non-hydrogen) atoms. The van der Waals surface area contributed by atoms with Crippen LogP contribution in [0.4, 0.5) is 32.2 Å². The van der Waals surface area contributed by atoms with E-state index >= 15 is 0 Å². The van der Waals surface area contributed by atoms with Gasteiger partial charge in [0.15, 0.2) is 11.3 Å². The number of nitrogens with zero attached hydrogens (tertiary/aromatic N) is 4. The molecule has 2 aromatic heterocycles. The number of halogens is 6. The van der Waals surface area contributed by atoms with Crippen LogP contribution in [0, 0.1) is 11.8 Å². The second-order valence-electron chi connectivity index (χ2n) is 9.10. The van der Waals surface area contributed by atoms with Gasteiger partial charge in [-0.05, 0) is 25.0 Å². The van der Waals surface area contributed by atoms with Gasteiger partial charge in [-0.15, -0.1) is 0 Å². The number of hydrogen-bond donors (Lipinski definition) is 1. The number of alkyl halides is 6. The van der Waals surface area contributed by atoms with Gasteiger partial charge in [0.2, 0.25) is 5.91 Å². The fraction of sp³-hybridized carbons (Fsp3) is 0.522. The Balaban J connectivity index is 1.27. The van der Waals surface area contributed by atoms with Gasteiger partial charge in [0.25, 0.3) is 5.56 Å². The number of anilines is 1. The Morgan fingerprint density at radius 3 is 2.26 bits per heavy atom. The Hall–Kier alpha value is -3.65. The normalized spacial score (nSPS) is 20.6. The molecule has 1 saturated heterocycles. The lowest BCUT2D eigenvalue weighted by Crippen LogP contribution is -2.49. The predicted molar refractivity (Wildman–Crippen MR) is 119 cm³/mol. The van der Waals surface area contributed by atoms with Crippen molar-refractivity contribution in [2.75, 3.05) is 37.7 Å². The van der Waals surface area contributed by atoms with Crippen molar-refractivity contribution in [1.29, 1.82) is 0 Å². The van der Waals surface area contributed by atoms with Crippen LogP contribution in [0.1, 0.15) is 30.4 Å². The summed E-state index contributed by atoms with van der Waals surface area (Å²) in [5, 5.41) is 5.02. The predicted octanol–water partition coefficient (Wildman–Crippen LogP) is 2.92. The van der Waals surface area contributed by atoms with Gasteiger partial charge >= 0.3 is 12.4 Å². The van der Waals surface area contributed by atoms with Crippen LogP contribution in [-0.2, 0) is 21.9 Å². The zero-order valence-corrected chi connectivity index (χ0v) is 19.8. The maximum absolute atomic E-state index is 13.2. The number of aromatic amines is 1. The smallest absolute Gasteiger partial charge is 0.425 e. The largest absolute Gasteiger partial charge is 0.490 e. The average molecular weight is 547 g/mol. The Labute approximate surface area is 211 Å². The molecule has 0 unspecified atom stereocenters. The molecule has 1 aliphatic heterocycles. The molecule has 2 aromatic rings. The van der Waals surface area contributed by atoms with Gasteiger partial charge in [-0.3, -0.25) is 14.4 Å². The Morgan fingerprint density at radius 1 is 0.974 bits per heavy atom. The molecule has 2 atom stereocenters. The summed E-state index contributed by atoms with van der Waals surface area (Å²) in [5.74, 6) is -2.29. The number of ketones is 1. The topological polar surface area (TPSA) is 108 Å². The van der Waals surface area contributed by atoms with Crippen molar-refractivity contribution in [2.45, 2.75) is 31.6 Å². The summed E-state index contributed by atoms with van der Waals surface area (Å²) in [7, 11) is 0. The minimum atomic E-state index is -4.97. The van der Waals surface area contributed by atoms with Gasteiger partial charge in [-0.1, -0.05) is 0 Å². The van der Waals surface area contributed by atoms with Crippen molar-refractivity contribution in [3.8, 4) is 5.75 Å². The van der Waals surface area contributed by atoms with Crippen LogP contribution in [0.2, 0.25) is 0 Å². The number of nitrogens with one attached hydrogen (secondary N) is 1. The summed E-state index contributed by atoms with van der Waals surface area (Å²) in [6.07, 6.45) is -7.33. The van der Waals surface area contributed by atoms with Crippen molar-refractivity contribution >= 4 is 17.5 Å². The van der Waals surface area contributed by atoms with Crippen LogP contribution in [0.15, 0.2) is 29.3 Å². The summed E-state index contributed by atoms with van der Waals surface area (Å²) >= 11 is 0. The molecule has 1 amide bonds. The molecule has 4 rings (SSSR count). The number of piperazine rings is 1. The van der Waals surface area contributed by atoms with E-state index in [4.69, 9.17) is 4.74 Å². The minimum Gasteiger partial charge on any atom is -0.490 e. The molecule has 0 bridgehead atoms. The zero-order valence-electron chi connectivity index (χ0n) is 19.8. The molecule has 2 fully saturated rings. The molecule has 15 heteroatoms. The summed E-state index contributed by atoms with van der Waals surface area (Å²) < 4.78 is 82.8. The Bertz CT molecular complexity index is 1220. The average Bonchev–Trinajstić information content (AvgIpc) is 3.20. The van der Waals surface area contributed by atoms with Crippen LogP contribution < -0.4 is 15.2 Å². The minimum absolute atomic E-state index is 0.0613. The van der Waals surface area contributed by atoms with E-state index in [0.29, 0.717) is 44.8 Å². The third-order valence-corrected chi connectivity index (χ3v) is 6.67. The Kier molecular flexibility index (Phi) is 7.65. The van der Waals surface area contributed by atoms with Crippen molar-refractivity contribution in [3.05, 3.63) is 46.0 Å². The fourth-order valence-electron chi connectivity index (χ4n) is 4.60. The van der Waals surface area contributed by atoms with Gasteiger partial charge in [0.1, 0.15) is 11.6 Å². The van der Waals surface area contributed by atoms with Crippen LogP contribution >= 0.6 is 0 Å². The second-order valence-corrected chi connectivity index (χ2v) is 9.10. The number of carbonyl (C=O) groups excluding carboxylic acids is 2. The zero-order chi connectivity index (χ0) is 27.7. The van der Waals surface area contributed by atoms with E-state index in [0.717, 1.165) is 18.5 Å². The van der Waals surface area contributed by atoms with E-state index in [2.05, 4.69) is 10.1 Å². The molecule has 3 heterocycles. The molecule has 0 spiro atoms. The molecular formula is C23H23F6N5O4. The monoisotopic (exact) mass is 547 g/mol. The van der Waals surface area contributed by atoms with E-state index in [1.54, 1.807) is 14.9 Å². The highest BCUT2D eigenvalue weighted by atomic mass is 19.4. The maximum Gasteiger partial charge on any atom is 0.425 e. The number of H-pyrrole nitrogens is 1. The molecule has 1 saturated carbocycles. The van der Waals surface area contributed by atoms with Crippen molar-refractivity contribution in [2.24, 2.45) is 11.8 Å². The first kappa shape index (κ1) is 27.4. The van der Waals surface area contributed by atoms with Gasteiger partial charge in [-0.2, -0.15) is 31.4 Å². The second kappa shape index (κ2) is 10.6. The van der Waals surface area contributed by atoms with Crippen molar-refractivity contribution in [1.82, 2.24) is 20.1 Å².